The first-order valence-electron chi connectivity index (χ1n) is 10.4. The Morgan fingerprint density at radius 1 is 1.11 bits per heavy atom. The van der Waals surface area contributed by atoms with Crippen molar-refractivity contribution in [3.63, 3.8) is 0 Å². The number of rotatable bonds is 5. The maximum Gasteiger partial charge on any atom is 0.239 e. The van der Waals surface area contributed by atoms with E-state index in [-0.39, 0.29) is 18.1 Å². The maximum absolute atomic E-state index is 12.6. The van der Waals surface area contributed by atoms with Gasteiger partial charge in [-0.3, -0.25) is 14.7 Å². The number of carbonyl (C=O) groups excluding carboxylic acids is 1. The Morgan fingerprint density at radius 3 is 2.48 bits per heavy atom. The number of amides is 1. The molecule has 3 aliphatic rings. The summed E-state index contributed by atoms with van der Waals surface area (Å²) in [6, 6.07) is -0.0300. The third-order valence-electron chi connectivity index (χ3n) is 5.60. The van der Waals surface area contributed by atoms with Gasteiger partial charge in [0.2, 0.25) is 5.91 Å². The number of hydrogen-bond acceptors (Lipinski definition) is 5. The molecule has 1 amide bonds. The van der Waals surface area contributed by atoms with Gasteiger partial charge in [-0.2, -0.15) is 0 Å². The van der Waals surface area contributed by atoms with Gasteiger partial charge in [-0.05, 0) is 26.7 Å². The molecule has 2 unspecified atom stereocenters. The predicted molar refractivity (Wildman–Crippen MR) is 105 cm³/mol. The van der Waals surface area contributed by atoms with Crippen molar-refractivity contribution in [2.45, 2.75) is 38.8 Å². The van der Waals surface area contributed by atoms with Crippen LogP contribution in [-0.2, 0) is 14.3 Å². The van der Waals surface area contributed by atoms with E-state index in [9.17, 15) is 4.79 Å². The molecule has 0 aromatic heterocycles. The summed E-state index contributed by atoms with van der Waals surface area (Å²) >= 11 is 0. The van der Waals surface area contributed by atoms with Gasteiger partial charge >= 0.3 is 0 Å². The summed E-state index contributed by atoms with van der Waals surface area (Å²) in [6.45, 7) is 12.9. The lowest BCUT2D eigenvalue weighted by Crippen LogP contribution is -2.57. The third-order valence-corrected chi connectivity index (χ3v) is 5.60. The number of nitrogens with one attached hydrogen (secondary N) is 1. The average molecular weight is 382 g/mol. The zero-order chi connectivity index (χ0) is 19.1. The molecule has 0 aromatic rings. The summed E-state index contributed by atoms with van der Waals surface area (Å²) in [6.07, 6.45) is 2.33. The quantitative estimate of drug-likeness (QED) is 0.534. The lowest BCUT2D eigenvalue weighted by atomic mass is 10.2. The maximum atomic E-state index is 12.6. The molecule has 0 spiro atoms. The molecule has 0 aromatic carbocycles. The summed E-state index contributed by atoms with van der Waals surface area (Å²) in [5.74, 6) is 1.22. The van der Waals surface area contributed by atoms with E-state index in [2.05, 4.69) is 29.0 Å². The second kappa shape index (κ2) is 10.2. The zero-order valence-electron chi connectivity index (χ0n) is 16.9. The molecule has 0 radical (unpaired) electrons. The summed E-state index contributed by atoms with van der Waals surface area (Å²) in [4.78, 5) is 24.0. The standard InChI is InChI=1S/C19H35N5O3/c1-3-20-19(21-14-17-15-26-12-13-27-17)24-10-8-22(9-11-24)16(2)18(25)23-6-4-5-7-23/h16-17H,3-15H2,1-2H3,(H,20,21). The van der Waals surface area contributed by atoms with Crippen molar-refractivity contribution in [2.24, 2.45) is 4.99 Å². The van der Waals surface area contributed by atoms with Crippen molar-refractivity contribution in [1.29, 1.82) is 0 Å². The highest BCUT2D eigenvalue weighted by Crippen LogP contribution is 2.14. The van der Waals surface area contributed by atoms with Gasteiger partial charge in [0, 0.05) is 45.8 Å². The van der Waals surface area contributed by atoms with Gasteiger partial charge in [-0.1, -0.05) is 0 Å². The van der Waals surface area contributed by atoms with Gasteiger partial charge in [0.25, 0.3) is 0 Å². The molecule has 0 saturated carbocycles. The number of aliphatic imine (C=N–C) groups is 1. The minimum Gasteiger partial charge on any atom is -0.376 e. The highest BCUT2D eigenvalue weighted by Gasteiger charge is 2.30. The van der Waals surface area contributed by atoms with Crippen LogP contribution in [0.3, 0.4) is 0 Å². The van der Waals surface area contributed by atoms with Crippen LogP contribution in [-0.4, -0.2) is 111 Å². The van der Waals surface area contributed by atoms with Crippen LogP contribution in [0.15, 0.2) is 4.99 Å². The summed E-state index contributed by atoms with van der Waals surface area (Å²) in [5, 5.41) is 3.39. The number of piperazine rings is 1. The lowest BCUT2D eigenvalue weighted by molar-refractivity contribution is -0.135. The largest absolute Gasteiger partial charge is 0.376 e. The molecule has 0 aliphatic carbocycles. The van der Waals surface area contributed by atoms with Crippen molar-refractivity contribution in [1.82, 2.24) is 20.0 Å². The molecule has 1 N–H and O–H groups in total. The Hall–Kier alpha value is -1.38. The van der Waals surface area contributed by atoms with Crippen LogP contribution in [0.2, 0.25) is 0 Å². The van der Waals surface area contributed by atoms with E-state index >= 15 is 0 Å². The van der Waals surface area contributed by atoms with Gasteiger partial charge in [-0.15, -0.1) is 0 Å². The fraction of sp³-hybridized carbons (Fsp3) is 0.895. The Morgan fingerprint density at radius 2 is 1.85 bits per heavy atom. The Bertz CT molecular complexity index is 496. The van der Waals surface area contributed by atoms with Gasteiger partial charge < -0.3 is 24.6 Å². The first-order chi connectivity index (χ1) is 13.2. The van der Waals surface area contributed by atoms with Gasteiger partial charge in [0.05, 0.1) is 32.4 Å². The van der Waals surface area contributed by atoms with E-state index in [1.807, 2.05) is 4.90 Å². The van der Waals surface area contributed by atoms with Crippen molar-refractivity contribution in [2.75, 3.05) is 72.2 Å². The molecule has 27 heavy (non-hydrogen) atoms. The second-order valence-electron chi connectivity index (χ2n) is 7.49. The van der Waals surface area contributed by atoms with Gasteiger partial charge in [-0.25, -0.2) is 0 Å². The zero-order valence-corrected chi connectivity index (χ0v) is 16.9. The van der Waals surface area contributed by atoms with E-state index < -0.39 is 0 Å². The molecule has 154 valence electrons. The van der Waals surface area contributed by atoms with Crippen molar-refractivity contribution in [3.05, 3.63) is 0 Å². The van der Waals surface area contributed by atoms with Crippen molar-refractivity contribution >= 4 is 11.9 Å². The first kappa shape index (κ1) is 20.4. The van der Waals surface area contributed by atoms with E-state index in [1.54, 1.807) is 0 Å². The molecule has 3 heterocycles. The molecule has 3 fully saturated rings. The smallest absolute Gasteiger partial charge is 0.239 e. The topological polar surface area (TPSA) is 69.6 Å². The number of ether oxygens (including phenoxy) is 2. The normalized spacial score (nSPS) is 26.3. The van der Waals surface area contributed by atoms with E-state index in [4.69, 9.17) is 14.5 Å². The van der Waals surface area contributed by atoms with E-state index in [0.717, 1.165) is 64.6 Å². The Kier molecular flexibility index (Phi) is 7.72. The number of guanidine groups is 1. The van der Waals surface area contributed by atoms with Crippen LogP contribution in [0.4, 0.5) is 0 Å². The molecule has 3 rings (SSSR count). The Labute approximate surface area is 162 Å². The summed E-state index contributed by atoms with van der Waals surface area (Å²) < 4.78 is 11.1. The minimum atomic E-state index is -0.0300. The van der Waals surface area contributed by atoms with Gasteiger partial charge in [0.15, 0.2) is 5.96 Å². The average Bonchev–Trinajstić information content (AvgIpc) is 3.26. The van der Waals surface area contributed by atoms with Crippen LogP contribution in [0, 0.1) is 0 Å². The molecule has 3 aliphatic heterocycles. The highest BCUT2D eigenvalue weighted by atomic mass is 16.6. The molecule has 0 bridgehead atoms. The van der Waals surface area contributed by atoms with Crippen LogP contribution < -0.4 is 5.32 Å². The summed E-state index contributed by atoms with van der Waals surface area (Å²) in [7, 11) is 0. The van der Waals surface area contributed by atoms with E-state index in [0.29, 0.717) is 26.4 Å². The first-order valence-corrected chi connectivity index (χ1v) is 10.4. The van der Waals surface area contributed by atoms with Crippen LogP contribution in [0.5, 0.6) is 0 Å². The molecule has 3 saturated heterocycles. The van der Waals surface area contributed by atoms with Crippen LogP contribution in [0.1, 0.15) is 26.7 Å². The number of likely N-dealkylation sites (tertiary alicyclic amines) is 1. The Balaban J connectivity index is 1.49. The SMILES string of the molecule is CCNC(=NCC1COCCO1)N1CCN(C(C)C(=O)N2CCCC2)CC1. The van der Waals surface area contributed by atoms with Gasteiger partial charge in [0.1, 0.15) is 6.10 Å². The lowest BCUT2D eigenvalue weighted by Gasteiger charge is -2.39. The molecule has 8 heteroatoms. The molecular weight excluding hydrogens is 346 g/mol. The molecule has 2 atom stereocenters. The number of hydrogen-bond donors (Lipinski definition) is 1. The van der Waals surface area contributed by atoms with E-state index in [1.165, 1.54) is 0 Å². The number of nitrogens with zero attached hydrogens (tertiary/aromatic N) is 4. The summed E-state index contributed by atoms with van der Waals surface area (Å²) in [5.41, 5.74) is 0. The highest BCUT2D eigenvalue weighted by molar-refractivity contribution is 5.82. The predicted octanol–water partition coefficient (Wildman–Crippen LogP) is -0.00420. The van der Waals surface area contributed by atoms with Crippen molar-refractivity contribution < 1.29 is 14.3 Å². The fourth-order valence-corrected chi connectivity index (χ4v) is 3.94. The van der Waals surface area contributed by atoms with Crippen LogP contribution >= 0.6 is 0 Å². The minimum absolute atomic E-state index is 0.0300. The number of carbonyl (C=O) groups is 1. The second-order valence-corrected chi connectivity index (χ2v) is 7.49. The fourth-order valence-electron chi connectivity index (χ4n) is 3.94. The van der Waals surface area contributed by atoms with Crippen LogP contribution in [0.25, 0.3) is 0 Å². The monoisotopic (exact) mass is 381 g/mol. The molecular formula is C19H35N5O3. The third kappa shape index (κ3) is 5.56. The molecule has 8 nitrogen and oxygen atoms in total. The van der Waals surface area contributed by atoms with Crippen molar-refractivity contribution in [3.8, 4) is 0 Å².